The number of hydrogen-bond donors (Lipinski definition) is 4. The molecule has 0 aliphatic carbocycles. The van der Waals surface area contributed by atoms with Crippen molar-refractivity contribution in [3.05, 3.63) is 35.5 Å². The van der Waals surface area contributed by atoms with E-state index in [9.17, 15) is 0 Å². The molecule has 2 rings (SSSR count). The first-order valence-electron chi connectivity index (χ1n) is 7.97. The van der Waals surface area contributed by atoms with Gasteiger partial charge in [-0.3, -0.25) is 5.41 Å². The highest BCUT2D eigenvalue weighted by Gasteiger charge is 2.10. The van der Waals surface area contributed by atoms with Gasteiger partial charge in [0.05, 0.1) is 13.3 Å². The summed E-state index contributed by atoms with van der Waals surface area (Å²) in [4.78, 5) is 0. The van der Waals surface area contributed by atoms with Crippen molar-refractivity contribution in [3.63, 3.8) is 0 Å². The minimum atomic E-state index is 0.226. The number of nitrogens with zero attached hydrogens (tertiary/aromatic N) is 1. The molecule has 0 atom stereocenters. The highest BCUT2D eigenvalue weighted by atomic mass is 16.5. The van der Waals surface area contributed by atoms with Gasteiger partial charge in [0, 0.05) is 24.9 Å². The van der Waals surface area contributed by atoms with Crippen molar-refractivity contribution < 1.29 is 4.74 Å². The Hall–Kier alpha value is -2.50. The molecule has 6 heteroatoms. The maximum absolute atomic E-state index is 7.72. The van der Waals surface area contributed by atoms with Crippen LogP contribution >= 0.6 is 0 Å². The zero-order valence-corrected chi connectivity index (χ0v) is 13.8. The summed E-state index contributed by atoms with van der Waals surface area (Å²) in [6, 6.07) is 5.96. The molecule has 0 saturated heterocycles. The zero-order valence-electron chi connectivity index (χ0n) is 13.8. The Labute approximate surface area is 137 Å². The SMILES string of the molecule is CCCCCNC(=N)N/N=C/C1=CNc2ccc(OC)cc2C1. The van der Waals surface area contributed by atoms with E-state index in [0.717, 1.165) is 36.4 Å². The molecule has 23 heavy (non-hydrogen) atoms. The number of fused-ring (bicyclic) bond motifs is 1. The van der Waals surface area contributed by atoms with Crippen LogP contribution in [0.25, 0.3) is 0 Å². The molecule has 0 fully saturated rings. The third-order valence-electron chi connectivity index (χ3n) is 3.61. The first kappa shape index (κ1) is 16.9. The van der Waals surface area contributed by atoms with E-state index in [0.29, 0.717) is 0 Å². The largest absolute Gasteiger partial charge is 0.497 e. The van der Waals surface area contributed by atoms with Gasteiger partial charge in [0.25, 0.3) is 0 Å². The fraction of sp³-hybridized carbons (Fsp3) is 0.412. The quantitative estimate of drug-likeness (QED) is 0.270. The van der Waals surface area contributed by atoms with E-state index in [4.69, 9.17) is 10.1 Å². The Morgan fingerprint density at radius 3 is 3.09 bits per heavy atom. The summed E-state index contributed by atoms with van der Waals surface area (Å²) in [5.74, 6) is 1.07. The molecular formula is C17H25N5O. The number of rotatable bonds is 7. The van der Waals surface area contributed by atoms with Crippen LogP contribution < -0.4 is 20.8 Å². The average molecular weight is 315 g/mol. The number of nitrogens with one attached hydrogen (secondary N) is 4. The summed E-state index contributed by atoms with van der Waals surface area (Å²) in [6.07, 6.45) is 7.86. The summed E-state index contributed by atoms with van der Waals surface area (Å²) >= 11 is 0. The molecule has 4 N–H and O–H groups in total. The Morgan fingerprint density at radius 2 is 2.30 bits per heavy atom. The lowest BCUT2D eigenvalue weighted by molar-refractivity contribution is 0.414. The minimum absolute atomic E-state index is 0.226. The molecule has 0 aromatic heterocycles. The standard InChI is InChI=1S/C17H25N5O/c1-3-4-5-8-19-17(18)22-21-12-13-9-14-10-15(23-2)6-7-16(14)20-11-13/h6-7,10-12,20H,3-5,8-9H2,1-2H3,(H3,18,19,22)/b21-12+. The predicted molar refractivity (Wildman–Crippen MR) is 95.3 cm³/mol. The van der Waals surface area contributed by atoms with Crippen LogP contribution in [0.5, 0.6) is 5.75 Å². The number of hydrogen-bond acceptors (Lipinski definition) is 4. The highest BCUT2D eigenvalue weighted by Crippen LogP contribution is 2.27. The molecule has 0 amide bonds. The highest BCUT2D eigenvalue weighted by molar-refractivity contribution is 5.84. The first-order chi connectivity index (χ1) is 11.2. The van der Waals surface area contributed by atoms with Crippen molar-refractivity contribution in [2.75, 3.05) is 19.0 Å². The number of benzene rings is 1. The molecule has 1 aromatic carbocycles. The number of ether oxygens (including phenoxy) is 1. The Kier molecular flexibility index (Phi) is 6.47. The Bertz CT molecular complexity index is 595. The van der Waals surface area contributed by atoms with Crippen LogP contribution in [0.2, 0.25) is 0 Å². The van der Waals surface area contributed by atoms with Gasteiger partial charge in [-0.2, -0.15) is 5.10 Å². The van der Waals surface area contributed by atoms with Crippen LogP contribution in [0.15, 0.2) is 35.1 Å². The van der Waals surface area contributed by atoms with Gasteiger partial charge in [-0.05, 0) is 35.8 Å². The molecule has 1 aromatic rings. The van der Waals surface area contributed by atoms with Crippen LogP contribution in [0, 0.1) is 5.41 Å². The van der Waals surface area contributed by atoms with Crippen molar-refractivity contribution in [1.29, 1.82) is 5.41 Å². The molecule has 0 saturated carbocycles. The minimum Gasteiger partial charge on any atom is -0.497 e. The van der Waals surface area contributed by atoms with Crippen LogP contribution in [-0.2, 0) is 6.42 Å². The van der Waals surface area contributed by atoms with Crippen LogP contribution in [0.3, 0.4) is 0 Å². The van der Waals surface area contributed by atoms with Gasteiger partial charge in [-0.1, -0.05) is 19.8 Å². The number of hydrazone groups is 1. The second kappa shape index (κ2) is 8.82. The Morgan fingerprint density at radius 1 is 1.43 bits per heavy atom. The van der Waals surface area contributed by atoms with Gasteiger partial charge < -0.3 is 15.4 Å². The molecule has 1 heterocycles. The monoisotopic (exact) mass is 315 g/mol. The van der Waals surface area contributed by atoms with E-state index in [1.54, 1.807) is 13.3 Å². The van der Waals surface area contributed by atoms with E-state index in [2.05, 4.69) is 28.1 Å². The van der Waals surface area contributed by atoms with E-state index in [1.165, 1.54) is 18.4 Å². The van der Waals surface area contributed by atoms with Crippen molar-refractivity contribution in [1.82, 2.24) is 10.7 Å². The number of unbranched alkanes of at least 4 members (excludes halogenated alkanes) is 2. The number of guanidine groups is 1. The van der Waals surface area contributed by atoms with Crippen molar-refractivity contribution in [2.45, 2.75) is 32.6 Å². The molecule has 124 valence electrons. The molecular weight excluding hydrogens is 290 g/mol. The van der Waals surface area contributed by atoms with Crippen molar-refractivity contribution in [3.8, 4) is 5.75 Å². The summed E-state index contributed by atoms with van der Waals surface area (Å²) in [6.45, 7) is 2.96. The summed E-state index contributed by atoms with van der Waals surface area (Å²) in [5.41, 5.74) is 5.99. The second-order valence-electron chi connectivity index (χ2n) is 5.44. The van der Waals surface area contributed by atoms with E-state index < -0.39 is 0 Å². The maximum Gasteiger partial charge on any atom is 0.209 e. The fourth-order valence-corrected chi connectivity index (χ4v) is 2.32. The molecule has 0 bridgehead atoms. The van der Waals surface area contributed by atoms with Crippen LogP contribution in [-0.4, -0.2) is 25.8 Å². The summed E-state index contributed by atoms with van der Waals surface area (Å²) in [7, 11) is 1.67. The lowest BCUT2D eigenvalue weighted by Crippen LogP contribution is -2.33. The number of anilines is 1. The van der Waals surface area contributed by atoms with E-state index in [1.807, 2.05) is 24.4 Å². The van der Waals surface area contributed by atoms with Gasteiger partial charge in [0.2, 0.25) is 5.96 Å². The fourth-order valence-electron chi connectivity index (χ4n) is 2.32. The van der Waals surface area contributed by atoms with Crippen LogP contribution in [0.1, 0.15) is 31.7 Å². The van der Waals surface area contributed by atoms with E-state index >= 15 is 0 Å². The van der Waals surface area contributed by atoms with Gasteiger partial charge in [0.1, 0.15) is 5.75 Å². The maximum atomic E-state index is 7.72. The summed E-state index contributed by atoms with van der Waals surface area (Å²) in [5, 5.41) is 18.1. The second-order valence-corrected chi connectivity index (χ2v) is 5.44. The lowest BCUT2D eigenvalue weighted by atomic mass is 10.0. The number of methoxy groups -OCH3 is 1. The van der Waals surface area contributed by atoms with Gasteiger partial charge in [0.15, 0.2) is 0 Å². The topological polar surface area (TPSA) is 81.5 Å². The molecule has 0 unspecified atom stereocenters. The zero-order chi connectivity index (χ0) is 16.5. The summed E-state index contributed by atoms with van der Waals surface area (Å²) < 4.78 is 5.25. The van der Waals surface area contributed by atoms with Gasteiger partial charge in [-0.25, -0.2) is 5.43 Å². The molecule has 0 radical (unpaired) electrons. The molecule has 0 spiro atoms. The first-order valence-corrected chi connectivity index (χ1v) is 7.97. The molecule has 1 aliphatic rings. The van der Waals surface area contributed by atoms with Gasteiger partial charge >= 0.3 is 0 Å². The third-order valence-corrected chi connectivity index (χ3v) is 3.61. The smallest absolute Gasteiger partial charge is 0.209 e. The van der Waals surface area contributed by atoms with E-state index in [-0.39, 0.29) is 5.96 Å². The van der Waals surface area contributed by atoms with Crippen molar-refractivity contribution in [2.24, 2.45) is 5.10 Å². The normalized spacial score (nSPS) is 13.0. The Balaban J connectivity index is 1.79. The molecule has 1 aliphatic heterocycles. The van der Waals surface area contributed by atoms with Crippen molar-refractivity contribution >= 4 is 17.9 Å². The molecule has 6 nitrogen and oxygen atoms in total. The third kappa shape index (κ3) is 5.32. The lowest BCUT2D eigenvalue weighted by Gasteiger charge is -2.17. The average Bonchev–Trinajstić information content (AvgIpc) is 2.58. The van der Waals surface area contributed by atoms with Gasteiger partial charge in [-0.15, -0.1) is 0 Å². The predicted octanol–water partition coefficient (Wildman–Crippen LogP) is 2.84. The van der Waals surface area contributed by atoms with Crippen LogP contribution in [0.4, 0.5) is 5.69 Å². The number of allylic oxidation sites excluding steroid dienone is 1.